The Hall–Kier alpha value is -1.03. The molecule has 0 saturated carbocycles. The Kier molecular flexibility index (Phi) is 4.32. The van der Waals surface area contributed by atoms with E-state index < -0.39 is 0 Å². The van der Waals surface area contributed by atoms with Gasteiger partial charge in [-0.1, -0.05) is 0 Å². The Bertz CT molecular complexity index is 139. The highest BCUT2D eigenvalue weighted by molar-refractivity contribution is 5.87. The van der Waals surface area contributed by atoms with Crippen LogP contribution in [-0.4, -0.2) is 19.7 Å². The topological polar surface area (TPSA) is 64.3 Å². The Labute approximate surface area is 60.0 Å². The van der Waals surface area contributed by atoms with E-state index in [4.69, 9.17) is 5.73 Å². The van der Waals surface area contributed by atoms with Crippen molar-refractivity contribution in [3.05, 3.63) is 11.8 Å². The van der Waals surface area contributed by atoms with Crippen LogP contribution >= 0.6 is 0 Å². The molecule has 0 aromatic heterocycles. The van der Waals surface area contributed by atoms with E-state index in [1.54, 1.807) is 6.92 Å². The van der Waals surface area contributed by atoms with Crippen LogP contribution in [0.15, 0.2) is 11.8 Å². The van der Waals surface area contributed by atoms with Gasteiger partial charge in [0.25, 0.3) is 0 Å². The molecule has 3 N–H and O–H groups in total. The first-order valence-corrected chi connectivity index (χ1v) is 2.87. The first kappa shape index (κ1) is 8.97. The number of hydrogen-bond donors (Lipinski definition) is 2. The van der Waals surface area contributed by atoms with E-state index in [-0.39, 0.29) is 12.6 Å². The smallest absolute Gasteiger partial charge is 0.247 e. The molecule has 0 aromatic rings. The van der Waals surface area contributed by atoms with E-state index in [1.165, 1.54) is 13.2 Å². The third kappa shape index (κ3) is 5.11. The lowest BCUT2D eigenvalue weighted by Gasteiger charge is -1.98. The van der Waals surface area contributed by atoms with E-state index in [0.717, 1.165) is 0 Å². The molecule has 0 atom stereocenters. The van der Waals surface area contributed by atoms with Crippen LogP contribution in [0.2, 0.25) is 0 Å². The van der Waals surface area contributed by atoms with Crippen LogP contribution in [0.1, 0.15) is 6.92 Å². The summed E-state index contributed by atoms with van der Waals surface area (Å²) in [6.07, 6.45) is 1.30. The summed E-state index contributed by atoms with van der Waals surface area (Å²) in [7, 11) is 1.50. The van der Waals surface area contributed by atoms with Crippen LogP contribution in [0.3, 0.4) is 0 Å². The molecule has 0 radical (unpaired) electrons. The zero-order valence-corrected chi connectivity index (χ0v) is 6.18. The fourth-order valence-corrected chi connectivity index (χ4v) is 0.401. The van der Waals surface area contributed by atoms with Crippen molar-refractivity contribution in [1.82, 2.24) is 5.32 Å². The first-order chi connectivity index (χ1) is 4.66. The summed E-state index contributed by atoms with van der Waals surface area (Å²) in [6.45, 7) is 1.86. The molecule has 0 unspecified atom stereocenters. The number of ether oxygens (including phenoxy) is 1. The van der Waals surface area contributed by atoms with Gasteiger partial charge in [-0.05, 0) is 6.92 Å². The van der Waals surface area contributed by atoms with Crippen molar-refractivity contribution in [2.24, 2.45) is 5.73 Å². The van der Waals surface area contributed by atoms with Crippen molar-refractivity contribution in [2.45, 2.75) is 6.92 Å². The summed E-state index contributed by atoms with van der Waals surface area (Å²) in [5.41, 5.74) is 5.70. The lowest BCUT2D eigenvalue weighted by Crippen LogP contribution is -2.23. The van der Waals surface area contributed by atoms with Gasteiger partial charge in [-0.2, -0.15) is 0 Å². The Morgan fingerprint density at radius 3 is 2.80 bits per heavy atom. The highest BCUT2D eigenvalue weighted by Gasteiger charge is 1.92. The normalized spacial score (nSPS) is 11.2. The highest BCUT2D eigenvalue weighted by atomic mass is 16.5. The second-order valence-corrected chi connectivity index (χ2v) is 1.86. The fraction of sp³-hybridized carbons (Fsp3) is 0.500. The molecule has 0 fully saturated rings. The first-order valence-electron chi connectivity index (χ1n) is 2.87. The van der Waals surface area contributed by atoms with Gasteiger partial charge in [-0.3, -0.25) is 4.79 Å². The average Bonchev–Trinajstić information content (AvgIpc) is 1.82. The summed E-state index contributed by atoms with van der Waals surface area (Å²) in [4.78, 5) is 10.7. The van der Waals surface area contributed by atoms with Crippen molar-refractivity contribution < 1.29 is 9.53 Å². The number of rotatable bonds is 3. The van der Waals surface area contributed by atoms with Crippen molar-refractivity contribution in [3.8, 4) is 0 Å². The van der Waals surface area contributed by atoms with E-state index in [1.807, 2.05) is 0 Å². The Morgan fingerprint density at radius 2 is 2.40 bits per heavy atom. The summed E-state index contributed by atoms with van der Waals surface area (Å²) in [5.74, 6) is -0.234. The molecule has 4 nitrogen and oxygen atoms in total. The Balaban J connectivity index is 3.54. The minimum absolute atomic E-state index is 0.211. The maximum absolute atomic E-state index is 10.7. The van der Waals surface area contributed by atoms with Crippen LogP contribution in [0.4, 0.5) is 0 Å². The van der Waals surface area contributed by atoms with Crippen LogP contribution in [0.25, 0.3) is 0 Å². The van der Waals surface area contributed by atoms with Gasteiger partial charge >= 0.3 is 0 Å². The standard InChI is InChI=1S/C6H12N2O2/c1-5(7)3-6(9)8-4-10-2/h3H,4,7H2,1-2H3,(H,8,9)/b5-3-. The summed E-state index contributed by atoms with van der Waals surface area (Å²) in [5, 5.41) is 2.45. The molecule has 0 bridgehead atoms. The quantitative estimate of drug-likeness (QED) is 0.417. The summed E-state index contributed by atoms with van der Waals surface area (Å²) >= 11 is 0. The number of carbonyl (C=O) groups is 1. The zero-order valence-electron chi connectivity index (χ0n) is 6.18. The van der Waals surface area contributed by atoms with E-state index in [0.29, 0.717) is 5.70 Å². The maximum Gasteiger partial charge on any atom is 0.247 e. The number of nitrogens with two attached hydrogens (primary N) is 1. The molecular weight excluding hydrogens is 132 g/mol. The Morgan fingerprint density at radius 1 is 1.80 bits per heavy atom. The minimum atomic E-state index is -0.234. The third-order valence-electron chi connectivity index (χ3n) is 0.750. The molecular formula is C6H12N2O2. The molecule has 0 heterocycles. The van der Waals surface area contributed by atoms with Gasteiger partial charge < -0.3 is 15.8 Å². The lowest BCUT2D eigenvalue weighted by molar-refractivity contribution is -0.117. The molecule has 4 heteroatoms. The number of amides is 1. The van der Waals surface area contributed by atoms with Gasteiger partial charge in [0.2, 0.25) is 5.91 Å². The van der Waals surface area contributed by atoms with Gasteiger partial charge in [-0.25, -0.2) is 0 Å². The van der Waals surface area contributed by atoms with Gasteiger partial charge in [0.15, 0.2) is 0 Å². The molecule has 1 amide bonds. The largest absolute Gasteiger partial charge is 0.402 e. The van der Waals surface area contributed by atoms with E-state index in [2.05, 4.69) is 10.1 Å². The lowest BCUT2D eigenvalue weighted by atomic mass is 10.4. The fourth-order valence-electron chi connectivity index (χ4n) is 0.401. The monoisotopic (exact) mass is 144 g/mol. The molecule has 0 aliphatic carbocycles. The maximum atomic E-state index is 10.7. The molecule has 0 spiro atoms. The van der Waals surface area contributed by atoms with Crippen LogP contribution in [-0.2, 0) is 9.53 Å². The van der Waals surface area contributed by atoms with Gasteiger partial charge in [-0.15, -0.1) is 0 Å². The summed E-state index contributed by atoms with van der Waals surface area (Å²) in [6, 6.07) is 0. The van der Waals surface area contributed by atoms with Gasteiger partial charge in [0.05, 0.1) is 0 Å². The van der Waals surface area contributed by atoms with Crippen LogP contribution in [0, 0.1) is 0 Å². The predicted molar refractivity (Wildman–Crippen MR) is 38.0 cm³/mol. The van der Waals surface area contributed by atoms with Crippen LogP contribution in [0.5, 0.6) is 0 Å². The molecule has 0 aliphatic heterocycles. The van der Waals surface area contributed by atoms with Crippen molar-refractivity contribution in [2.75, 3.05) is 13.8 Å². The zero-order chi connectivity index (χ0) is 7.98. The molecule has 58 valence electrons. The van der Waals surface area contributed by atoms with Gasteiger partial charge in [0, 0.05) is 18.9 Å². The predicted octanol–water partition coefficient (Wildman–Crippen LogP) is -0.431. The number of carbonyl (C=O) groups excluding carboxylic acids is 1. The van der Waals surface area contributed by atoms with Crippen molar-refractivity contribution >= 4 is 5.91 Å². The summed E-state index contributed by atoms with van der Waals surface area (Å²) < 4.78 is 4.59. The van der Waals surface area contributed by atoms with Crippen LogP contribution < -0.4 is 11.1 Å². The minimum Gasteiger partial charge on any atom is -0.402 e. The second-order valence-electron chi connectivity index (χ2n) is 1.86. The average molecular weight is 144 g/mol. The SMILES string of the molecule is COCNC(=O)/C=C(/C)N. The van der Waals surface area contributed by atoms with Gasteiger partial charge in [0.1, 0.15) is 6.73 Å². The van der Waals surface area contributed by atoms with Crippen molar-refractivity contribution in [1.29, 1.82) is 0 Å². The van der Waals surface area contributed by atoms with Crippen molar-refractivity contribution in [3.63, 3.8) is 0 Å². The second kappa shape index (κ2) is 4.81. The number of allylic oxidation sites excluding steroid dienone is 1. The number of methoxy groups -OCH3 is 1. The van der Waals surface area contributed by atoms with E-state index >= 15 is 0 Å². The molecule has 0 aromatic carbocycles. The molecule has 0 saturated heterocycles. The number of nitrogens with one attached hydrogen (secondary N) is 1. The molecule has 0 rings (SSSR count). The third-order valence-corrected chi connectivity index (χ3v) is 0.750. The highest BCUT2D eigenvalue weighted by Crippen LogP contribution is 1.78. The molecule has 10 heavy (non-hydrogen) atoms. The van der Waals surface area contributed by atoms with E-state index in [9.17, 15) is 4.79 Å². The number of hydrogen-bond acceptors (Lipinski definition) is 3. The molecule has 0 aliphatic rings.